The number of fused-ring (bicyclic) bond motifs is 3. The summed E-state index contributed by atoms with van der Waals surface area (Å²) in [6.07, 6.45) is 0. The lowest BCUT2D eigenvalue weighted by Gasteiger charge is -2.21. The molecule has 2 heterocycles. The van der Waals surface area contributed by atoms with E-state index in [2.05, 4.69) is 15.1 Å². The van der Waals surface area contributed by atoms with Crippen molar-refractivity contribution >= 4 is 22.4 Å². The summed E-state index contributed by atoms with van der Waals surface area (Å²) < 4.78 is 8.95. The highest BCUT2D eigenvalue weighted by atomic mass is 16.5. The molecule has 0 atom stereocenters. The molecule has 0 radical (unpaired) electrons. The Bertz CT molecular complexity index is 1210. The second-order valence-electron chi connectivity index (χ2n) is 6.66. The van der Waals surface area contributed by atoms with Gasteiger partial charge in [-0.05, 0) is 31.2 Å². The Kier molecular flexibility index (Phi) is 4.07. The van der Waals surface area contributed by atoms with Crippen molar-refractivity contribution in [2.24, 2.45) is 7.05 Å². The quantitative estimate of drug-likeness (QED) is 0.557. The van der Waals surface area contributed by atoms with Crippen molar-refractivity contribution in [3.63, 3.8) is 0 Å². The van der Waals surface area contributed by atoms with Gasteiger partial charge in [0.15, 0.2) is 5.82 Å². The van der Waals surface area contributed by atoms with Crippen molar-refractivity contribution in [2.75, 3.05) is 19.1 Å². The molecular weight excluding hydrogens is 342 g/mol. The number of aromatic nitrogens is 4. The fourth-order valence-electron chi connectivity index (χ4n) is 3.40. The molecule has 0 aliphatic rings. The van der Waals surface area contributed by atoms with Gasteiger partial charge in [0.25, 0.3) is 5.56 Å². The zero-order valence-corrected chi connectivity index (χ0v) is 15.8. The average molecular weight is 363 g/mol. The van der Waals surface area contributed by atoms with Crippen LogP contribution in [0.3, 0.4) is 0 Å². The van der Waals surface area contributed by atoms with Crippen LogP contribution in [0.25, 0.3) is 16.7 Å². The molecular formula is C20H21N5O2. The third-order valence-corrected chi connectivity index (χ3v) is 4.82. The first-order chi connectivity index (χ1) is 13.0. The van der Waals surface area contributed by atoms with Gasteiger partial charge in [-0.2, -0.15) is 0 Å². The number of ether oxygens (including phenoxy) is 1. The van der Waals surface area contributed by atoms with Crippen LogP contribution >= 0.6 is 0 Å². The predicted octanol–water partition coefficient (Wildman–Crippen LogP) is 2.53. The van der Waals surface area contributed by atoms with Crippen LogP contribution in [0.1, 0.15) is 11.4 Å². The molecule has 2 aromatic heterocycles. The third-order valence-electron chi connectivity index (χ3n) is 4.82. The van der Waals surface area contributed by atoms with E-state index in [0.717, 1.165) is 28.3 Å². The maximum Gasteiger partial charge on any atom is 0.262 e. The normalized spacial score (nSPS) is 11.3. The van der Waals surface area contributed by atoms with Crippen LogP contribution in [-0.2, 0) is 13.6 Å². The van der Waals surface area contributed by atoms with Gasteiger partial charge in [-0.15, -0.1) is 10.2 Å². The van der Waals surface area contributed by atoms with Crippen molar-refractivity contribution in [2.45, 2.75) is 13.5 Å². The molecule has 0 saturated carbocycles. The highest BCUT2D eigenvalue weighted by Crippen LogP contribution is 2.27. The minimum absolute atomic E-state index is 0.0711. The van der Waals surface area contributed by atoms with E-state index in [1.165, 1.54) is 0 Å². The number of methoxy groups -OCH3 is 1. The number of hydrogen-bond donors (Lipinski definition) is 0. The minimum atomic E-state index is -0.0711. The van der Waals surface area contributed by atoms with Crippen molar-refractivity contribution in [3.8, 4) is 5.75 Å². The summed E-state index contributed by atoms with van der Waals surface area (Å²) in [5.74, 6) is 2.07. The van der Waals surface area contributed by atoms with Gasteiger partial charge in [-0.25, -0.2) is 0 Å². The summed E-state index contributed by atoms with van der Waals surface area (Å²) in [6, 6.07) is 13.7. The molecule has 0 spiro atoms. The van der Waals surface area contributed by atoms with E-state index in [1.54, 1.807) is 18.7 Å². The van der Waals surface area contributed by atoms with Crippen molar-refractivity contribution < 1.29 is 4.74 Å². The molecule has 4 aromatic rings. The van der Waals surface area contributed by atoms with Gasteiger partial charge in [0.05, 0.1) is 30.2 Å². The summed E-state index contributed by atoms with van der Waals surface area (Å²) in [5, 5.41) is 9.28. The van der Waals surface area contributed by atoms with E-state index >= 15 is 0 Å². The topological polar surface area (TPSA) is 64.7 Å². The Balaban J connectivity index is 1.88. The van der Waals surface area contributed by atoms with Crippen LogP contribution < -0.4 is 15.2 Å². The van der Waals surface area contributed by atoms with Crippen LogP contribution in [0.15, 0.2) is 47.3 Å². The number of rotatable bonds is 4. The molecule has 7 nitrogen and oxygen atoms in total. The molecule has 0 saturated heterocycles. The molecule has 2 aromatic carbocycles. The maximum absolute atomic E-state index is 12.7. The number of para-hydroxylation sites is 2. The highest BCUT2D eigenvalue weighted by Gasteiger charge is 2.17. The lowest BCUT2D eigenvalue weighted by atomic mass is 10.1. The molecule has 4 rings (SSSR count). The minimum Gasteiger partial charge on any atom is -0.495 e. The first-order valence-corrected chi connectivity index (χ1v) is 8.68. The second kappa shape index (κ2) is 6.42. The molecule has 138 valence electrons. The summed E-state index contributed by atoms with van der Waals surface area (Å²) >= 11 is 0. The standard InChI is InChI=1S/C20H21N5O2/c1-13-9-10-15-14(11-13)19(26)24(3)20-22-21-18(25(15)20)12-23(2)16-7-5-6-8-17(16)27-4/h5-11H,12H2,1-4H3. The van der Waals surface area contributed by atoms with Crippen LogP contribution in [0.5, 0.6) is 5.75 Å². The summed E-state index contributed by atoms with van der Waals surface area (Å²) in [7, 11) is 5.36. The van der Waals surface area contributed by atoms with Crippen molar-refractivity contribution in [3.05, 3.63) is 64.2 Å². The number of aryl methyl sites for hydroxylation is 2. The smallest absolute Gasteiger partial charge is 0.262 e. The number of hydrogen-bond acceptors (Lipinski definition) is 5. The van der Waals surface area contributed by atoms with E-state index in [9.17, 15) is 4.79 Å². The van der Waals surface area contributed by atoms with E-state index < -0.39 is 0 Å². The first kappa shape index (κ1) is 17.1. The Morgan fingerprint density at radius 1 is 1.15 bits per heavy atom. The van der Waals surface area contributed by atoms with E-state index in [0.29, 0.717) is 17.7 Å². The molecule has 0 fully saturated rings. The van der Waals surface area contributed by atoms with Gasteiger partial charge in [-0.1, -0.05) is 23.8 Å². The first-order valence-electron chi connectivity index (χ1n) is 8.68. The van der Waals surface area contributed by atoms with Gasteiger partial charge in [0.1, 0.15) is 5.75 Å². The average Bonchev–Trinajstić information content (AvgIpc) is 3.09. The fraction of sp³-hybridized carbons (Fsp3) is 0.250. The predicted molar refractivity (Wildman–Crippen MR) is 106 cm³/mol. The zero-order valence-electron chi connectivity index (χ0n) is 15.8. The van der Waals surface area contributed by atoms with Crippen molar-refractivity contribution in [1.82, 2.24) is 19.2 Å². The van der Waals surface area contributed by atoms with Crippen LogP contribution in [-0.4, -0.2) is 33.3 Å². The van der Waals surface area contributed by atoms with Crippen LogP contribution in [0.4, 0.5) is 5.69 Å². The van der Waals surface area contributed by atoms with Gasteiger partial charge in [-0.3, -0.25) is 13.8 Å². The number of benzene rings is 2. The molecule has 0 bridgehead atoms. The SMILES string of the molecule is COc1ccccc1N(C)Cc1nnc2n(C)c(=O)c3cc(C)ccc3n12. The molecule has 0 aliphatic heterocycles. The highest BCUT2D eigenvalue weighted by molar-refractivity contribution is 5.81. The molecule has 0 unspecified atom stereocenters. The second-order valence-corrected chi connectivity index (χ2v) is 6.66. The van der Waals surface area contributed by atoms with E-state index in [-0.39, 0.29) is 5.56 Å². The molecule has 0 N–H and O–H groups in total. The van der Waals surface area contributed by atoms with E-state index in [4.69, 9.17) is 4.74 Å². The largest absolute Gasteiger partial charge is 0.495 e. The Morgan fingerprint density at radius 2 is 1.93 bits per heavy atom. The van der Waals surface area contributed by atoms with Crippen LogP contribution in [0.2, 0.25) is 0 Å². The monoisotopic (exact) mass is 363 g/mol. The Morgan fingerprint density at radius 3 is 2.70 bits per heavy atom. The Labute approximate surface area is 156 Å². The maximum atomic E-state index is 12.7. The van der Waals surface area contributed by atoms with Gasteiger partial charge >= 0.3 is 0 Å². The molecule has 7 heteroatoms. The van der Waals surface area contributed by atoms with Gasteiger partial charge < -0.3 is 9.64 Å². The number of nitrogens with zero attached hydrogens (tertiary/aromatic N) is 5. The van der Waals surface area contributed by atoms with E-state index in [1.807, 2.05) is 60.8 Å². The van der Waals surface area contributed by atoms with Gasteiger partial charge in [0, 0.05) is 14.1 Å². The fourth-order valence-corrected chi connectivity index (χ4v) is 3.40. The van der Waals surface area contributed by atoms with Crippen LogP contribution in [0, 0.1) is 6.92 Å². The third kappa shape index (κ3) is 2.71. The zero-order chi connectivity index (χ0) is 19.1. The number of anilines is 1. The summed E-state index contributed by atoms with van der Waals surface area (Å²) in [4.78, 5) is 14.7. The summed E-state index contributed by atoms with van der Waals surface area (Å²) in [5.41, 5.74) is 2.74. The van der Waals surface area contributed by atoms with Crippen molar-refractivity contribution in [1.29, 1.82) is 0 Å². The molecule has 0 aliphatic carbocycles. The van der Waals surface area contributed by atoms with Gasteiger partial charge in [0.2, 0.25) is 5.78 Å². The Hall–Kier alpha value is -3.35. The molecule has 27 heavy (non-hydrogen) atoms. The lowest BCUT2D eigenvalue weighted by molar-refractivity contribution is 0.414. The summed E-state index contributed by atoms with van der Waals surface area (Å²) in [6.45, 7) is 2.49. The molecule has 0 amide bonds. The lowest BCUT2D eigenvalue weighted by Crippen LogP contribution is -2.22.